The van der Waals surface area contributed by atoms with Crippen LogP contribution in [0, 0.1) is 0 Å². The average Bonchev–Trinajstić information content (AvgIpc) is 2.72. The van der Waals surface area contributed by atoms with Gasteiger partial charge in [-0.05, 0) is 44.2 Å². The summed E-state index contributed by atoms with van der Waals surface area (Å²) in [6.45, 7) is 2.80. The molecule has 0 heterocycles. The van der Waals surface area contributed by atoms with E-state index in [2.05, 4.69) is 10.9 Å². The topological polar surface area (TPSA) is 111 Å². The van der Waals surface area contributed by atoms with E-state index in [1.807, 2.05) is 0 Å². The molecule has 0 radical (unpaired) electrons. The molecule has 152 valence electrons. The Kier molecular flexibility index (Phi) is 7.47. The van der Waals surface area contributed by atoms with E-state index < -0.39 is 23.9 Å². The zero-order valence-corrected chi connectivity index (χ0v) is 16.4. The van der Waals surface area contributed by atoms with Gasteiger partial charge in [0.05, 0.1) is 13.5 Å². The van der Waals surface area contributed by atoms with Crippen molar-refractivity contribution in [1.82, 2.24) is 10.9 Å². The van der Waals surface area contributed by atoms with Crippen LogP contribution in [0.3, 0.4) is 0 Å². The molecule has 2 rings (SSSR count). The molecule has 0 aliphatic rings. The quantitative estimate of drug-likeness (QED) is 0.418. The first-order valence-corrected chi connectivity index (χ1v) is 8.84. The molecule has 2 amide bonds. The molecule has 0 saturated heterocycles. The minimum absolute atomic E-state index is 0.149. The molecule has 29 heavy (non-hydrogen) atoms. The Morgan fingerprint density at radius 1 is 0.966 bits per heavy atom. The van der Waals surface area contributed by atoms with Gasteiger partial charge in [-0.1, -0.05) is 18.2 Å². The number of Topliss-reactive ketones (excluding diaryl/α,β-unsaturated/α-hetero) is 1. The maximum atomic E-state index is 12.2. The summed E-state index contributed by atoms with van der Waals surface area (Å²) in [6, 6.07) is 13.1. The molecule has 8 heteroatoms. The number of methoxy groups -OCH3 is 1. The van der Waals surface area contributed by atoms with Gasteiger partial charge in [0.15, 0.2) is 11.9 Å². The molecular formula is C21H22N2O6. The van der Waals surface area contributed by atoms with Gasteiger partial charge in [-0.25, -0.2) is 0 Å². The van der Waals surface area contributed by atoms with Crippen LogP contribution in [0.25, 0.3) is 0 Å². The average molecular weight is 398 g/mol. The highest BCUT2D eigenvalue weighted by Crippen LogP contribution is 2.21. The molecule has 0 aliphatic carbocycles. The number of hydrogen-bond acceptors (Lipinski definition) is 6. The van der Waals surface area contributed by atoms with Gasteiger partial charge < -0.3 is 9.47 Å². The molecule has 0 fully saturated rings. The third-order valence-corrected chi connectivity index (χ3v) is 4.03. The van der Waals surface area contributed by atoms with Crippen LogP contribution in [0.5, 0.6) is 5.75 Å². The van der Waals surface area contributed by atoms with Gasteiger partial charge in [-0.3, -0.25) is 30.0 Å². The van der Waals surface area contributed by atoms with Gasteiger partial charge in [-0.2, -0.15) is 0 Å². The molecule has 0 aromatic heterocycles. The van der Waals surface area contributed by atoms with E-state index in [0.717, 1.165) is 0 Å². The van der Waals surface area contributed by atoms with E-state index in [9.17, 15) is 19.2 Å². The molecule has 0 spiro atoms. The minimum atomic E-state index is -1.14. The number of esters is 1. The van der Waals surface area contributed by atoms with E-state index in [1.165, 1.54) is 21.0 Å². The Bertz CT molecular complexity index is 911. The number of carbonyl (C=O) groups is 4. The lowest BCUT2D eigenvalue weighted by atomic mass is 10.0. The summed E-state index contributed by atoms with van der Waals surface area (Å²) in [4.78, 5) is 47.7. The van der Waals surface area contributed by atoms with Crippen LogP contribution in [0.2, 0.25) is 0 Å². The first-order chi connectivity index (χ1) is 13.8. The Labute approximate surface area is 168 Å². The van der Waals surface area contributed by atoms with Gasteiger partial charge in [0, 0.05) is 16.7 Å². The SMILES string of the molecule is COc1ccc(C(C)=O)cc1CC(=O)O[C@H](C)C(=O)NNC(=O)c1ccccc1. The second-order valence-corrected chi connectivity index (χ2v) is 6.20. The van der Waals surface area contributed by atoms with E-state index >= 15 is 0 Å². The molecule has 2 aromatic carbocycles. The summed E-state index contributed by atoms with van der Waals surface area (Å²) in [6.07, 6.45) is -1.32. The van der Waals surface area contributed by atoms with Crippen LogP contribution in [0.1, 0.15) is 40.1 Å². The lowest BCUT2D eigenvalue weighted by Gasteiger charge is -2.15. The fourth-order valence-corrected chi connectivity index (χ4v) is 2.47. The number of hydrogen-bond donors (Lipinski definition) is 2. The van der Waals surface area contributed by atoms with Crippen LogP contribution >= 0.6 is 0 Å². The van der Waals surface area contributed by atoms with E-state index in [0.29, 0.717) is 22.4 Å². The second-order valence-electron chi connectivity index (χ2n) is 6.20. The normalized spacial score (nSPS) is 11.1. The summed E-state index contributed by atoms with van der Waals surface area (Å²) in [5.41, 5.74) is 5.74. The maximum Gasteiger partial charge on any atom is 0.311 e. The van der Waals surface area contributed by atoms with Crippen LogP contribution in [0.15, 0.2) is 48.5 Å². The second kappa shape index (κ2) is 10.0. The molecule has 0 unspecified atom stereocenters. The summed E-state index contributed by atoms with van der Waals surface area (Å²) >= 11 is 0. The van der Waals surface area contributed by atoms with E-state index in [4.69, 9.17) is 9.47 Å². The number of rotatable bonds is 7. The van der Waals surface area contributed by atoms with Gasteiger partial charge >= 0.3 is 5.97 Å². The molecular weight excluding hydrogens is 376 g/mol. The summed E-state index contributed by atoms with van der Waals surface area (Å²) in [5, 5.41) is 0. The Hall–Kier alpha value is -3.68. The van der Waals surface area contributed by atoms with Crippen molar-refractivity contribution < 1.29 is 28.7 Å². The number of carbonyl (C=O) groups excluding carboxylic acids is 4. The molecule has 0 aliphatic heterocycles. The number of ketones is 1. The Morgan fingerprint density at radius 3 is 2.28 bits per heavy atom. The highest BCUT2D eigenvalue weighted by Gasteiger charge is 2.20. The van der Waals surface area contributed by atoms with Gasteiger partial charge in [0.2, 0.25) is 0 Å². The highest BCUT2D eigenvalue weighted by atomic mass is 16.5. The van der Waals surface area contributed by atoms with Crippen molar-refractivity contribution in [3.05, 3.63) is 65.2 Å². The molecule has 2 N–H and O–H groups in total. The van der Waals surface area contributed by atoms with Crippen molar-refractivity contribution in [2.24, 2.45) is 0 Å². The lowest BCUT2D eigenvalue weighted by molar-refractivity contribution is -0.154. The van der Waals surface area contributed by atoms with Gasteiger partial charge in [0.1, 0.15) is 5.75 Å². The molecule has 8 nitrogen and oxygen atoms in total. The standard InChI is InChI=1S/C21H22N2O6/c1-13(24)16-9-10-18(28-3)17(11-16)12-19(25)29-14(2)20(26)22-23-21(27)15-7-5-4-6-8-15/h4-11,14H,12H2,1-3H3,(H,22,26)(H,23,27)/t14-/m1/s1. The molecule has 1 atom stereocenters. The van der Waals surface area contributed by atoms with Crippen molar-refractivity contribution in [3.63, 3.8) is 0 Å². The molecule has 0 bridgehead atoms. The number of ether oxygens (including phenoxy) is 2. The number of hydrazine groups is 1. The highest BCUT2D eigenvalue weighted by molar-refractivity contribution is 5.96. The molecule has 0 saturated carbocycles. The fourth-order valence-electron chi connectivity index (χ4n) is 2.47. The maximum absolute atomic E-state index is 12.2. The van der Waals surface area contributed by atoms with Crippen molar-refractivity contribution >= 4 is 23.6 Å². The monoisotopic (exact) mass is 398 g/mol. The van der Waals surface area contributed by atoms with Crippen LogP contribution in [-0.4, -0.2) is 36.8 Å². The summed E-state index contributed by atoms with van der Waals surface area (Å²) in [7, 11) is 1.45. The van der Waals surface area contributed by atoms with Crippen molar-refractivity contribution in [1.29, 1.82) is 0 Å². The largest absolute Gasteiger partial charge is 0.496 e. The third kappa shape index (κ3) is 6.17. The Morgan fingerprint density at radius 2 is 1.66 bits per heavy atom. The van der Waals surface area contributed by atoms with Crippen molar-refractivity contribution in [3.8, 4) is 5.75 Å². The third-order valence-electron chi connectivity index (χ3n) is 4.03. The number of nitrogens with one attached hydrogen (secondary N) is 2. The first-order valence-electron chi connectivity index (χ1n) is 8.84. The van der Waals surface area contributed by atoms with Crippen molar-refractivity contribution in [2.75, 3.05) is 7.11 Å². The van der Waals surface area contributed by atoms with Crippen LogP contribution in [-0.2, 0) is 20.7 Å². The summed E-state index contributed by atoms with van der Waals surface area (Å²) < 4.78 is 10.3. The smallest absolute Gasteiger partial charge is 0.311 e. The van der Waals surface area contributed by atoms with Gasteiger partial charge in [0.25, 0.3) is 11.8 Å². The lowest BCUT2D eigenvalue weighted by Crippen LogP contribution is -2.46. The first kappa shape index (κ1) is 21.6. The zero-order valence-electron chi connectivity index (χ0n) is 16.4. The van der Waals surface area contributed by atoms with E-state index in [-0.39, 0.29) is 12.2 Å². The Balaban J connectivity index is 1.91. The summed E-state index contributed by atoms with van der Waals surface area (Å²) in [5.74, 6) is -1.58. The van der Waals surface area contributed by atoms with E-state index in [1.54, 1.807) is 48.5 Å². The van der Waals surface area contributed by atoms with Crippen molar-refractivity contribution in [2.45, 2.75) is 26.4 Å². The number of amides is 2. The minimum Gasteiger partial charge on any atom is -0.496 e. The van der Waals surface area contributed by atoms with Crippen LogP contribution in [0.4, 0.5) is 0 Å². The van der Waals surface area contributed by atoms with Gasteiger partial charge in [-0.15, -0.1) is 0 Å². The van der Waals surface area contributed by atoms with Crippen LogP contribution < -0.4 is 15.6 Å². The zero-order chi connectivity index (χ0) is 21.4. The fraction of sp³-hybridized carbons (Fsp3) is 0.238. The molecule has 2 aromatic rings. The number of benzene rings is 2. The predicted molar refractivity (Wildman–Crippen MR) is 104 cm³/mol. The predicted octanol–water partition coefficient (Wildman–Crippen LogP) is 1.83.